The summed E-state index contributed by atoms with van der Waals surface area (Å²) in [6.07, 6.45) is 7.16. The van der Waals surface area contributed by atoms with Crippen molar-refractivity contribution in [3.63, 3.8) is 0 Å². The maximum absolute atomic E-state index is 13.2. The number of aliphatic hydroxyl groups excluding tert-OH is 1. The molecule has 1 unspecified atom stereocenters. The molecule has 1 saturated heterocycles. The van der Waals surface area contributed by atoms with E-state index >= 15 is 0 Å². The van der Waals surface area contributed by atoms with E-state index < -0.39 is 10.0 Å². The lowest BCUT2D eigenvalue weighted by Crippen LogP contribution is -2.48. The molecule has 2 fully saturated rings. The third kappa shape index (κ3) is 5.46. The van der Waals surface area contributed by atoms with Gasteiger partial charge in [0.05, 0.1) is 23.1 Å². The van der Waals surface area contributed by atoms with Crippen LogP contribution >= 0.6 is 0 Å². The maximum Gasteiger partial charge on any atom is 0.243 e. The van der Waals surface area contributed by atoms with E-state index in [0.29, 0.717) is 43.7 Å². The molecule has 2 N–H and O–H groups in total. The summed E-state index contributed by atoms with van der Waals surface area (Å²) in [5.41, 5.74) is 0. The average Bonchev–Trinajstić information content (AvgIpc) is 2.82. The van der Waals surface area contributed by atoms with Crippen molar-refractivity contribution < 1.29 is 23.1 Å². The van der Waals surface area contributed by atoms with Gasteiger partial charge in [-0.05, 0) is 74.9 Å². The van der Waals surface area contributed by atoms with Gasteiger partial charge in [-0.1, -0.05) is 0 Å². The molecule has 1 aromatic carbocycles. The first-order chi connectivity index (χ1) is 15.4. The molecule has 172 valence electrons. The van der Waals surface area contributed by atoms with Crippen molar-refractivity contribution in [2.75, 3.05) is 13.1 Å². The number of amides is 1. The molecule has 0 bridgehead atoms. The second-order valence-electron chi connectivity index (χ2n) is 8.48. The third-order valence-electron chi connectivity index (χ3n) is 6.13. The van der Waals surface area contributed by atoms with Crippen LogP contribution < -0.4 is 10.1 Å². The Morgan fingerprint density at radius 2 is 1.81 bits per heavy atom. The largest absolute Gasteiger partial charge is 0.456 e. The fourth-order valence-corrected chi connectivity index (χ4v) is 5.81. The van der Waals surface area contributed by atoms with Crippen LogP contribution in [-0.4, -0.2) is 54.0 Å². The minimum Gasteiger partial charge on any atom is -0.456 e. The van der Waals surface area contributed by atoms with Crippen LogP contribution in [0.15, 0.2) is 53.7 Å². The highest BCUT2D eigenvalue weighted by Gasteiger charge is 2.34. The molecule has 1 amide bonds. The highest BCUT2D eigenvalue weighted by Crippen LogP contribution is 2.27. The van der Waals surface area contributed by atoms with E-state index in [2.05, 4.69) is 10.3 Å². The molecular formula is C23H29N3O5S. The monoisotopic (exact) mass is 459 g/mol. The number of carbonyl (C=O) groups excluding carboxylic acids is 1. The molecule has 1 saturated carbocycles. The van der Waals surface area contributed by atoms with Crippen LogP contribution in [0.25, 0.3) is 0 Å². The van der Waals surface area contributed by atoms with Crippen LogP contribution in [-0.2, 0) is 14.8 Å². The maximum atomic E-state index is 13.2. The zero-order valence-corrected chi connectivity index (χ0v) is 18.7. The normalized spacial score (nSPS) is 24.6. The number of rotatable bonds is 6. The first-order valence-corrected chi connectivity index (χ1v) is 12.5. The number of benzene rings is 1. The zero-order valence-electron chi connectivity index (χ0n) is 17.9. The minimum absolute atomic E-state index is 0.0604. The molecule has 0 radical (unpaired) electrons. The van der Waals surface area contributed by atoms with Gasteiger partial charge in [0.2, 0.25) is 15.9 Å². The van der Waals surface area contributed by atoms with Crippen LogP contribution in [0.5, 0.6) is 11.5 Å². The summed E-state index contributed by atoms with van der Waals surface area (Å²) in [6, 6.07) is 9.87. The lowest BCUT2D eigenvalue weighted by atomic mass is 9.92. The highest BCUT2D eigenvalue weighted by atomic mass is 32.2. The number of ether oxygens (including phenoxy) is 1. The second-order valence-corrected chi connectivity index (χ2v) is 10.4. The number of nitrogens with one attached hydrogen (secondary N) is 1. The van der Waals surface area contributed by atoms with Gasteiger partial charge in [-0.15, -0.1) is 0 Å². The molecule has 1 atom stereocenters. The molecule has 9 heteroatoms. The number of hydrogen-bond acceptors (Lipinski definition) is 6. The number of aliphatic hydroxyl groups is 1. The Bertz CT molecular complexity index is 1010. The van der Waals surface area contributed by atoms with Crippen molar-refractivity contribution in [2.24, 2.45) is 5.92 Å². The van der Waals surface area contributed by atoms with Crippen molar-refractivity contribution in [3.05, 3.63) is 48.8 Å². The van der Waals surface area contributed by atoms with Gasteiger partial charge in [0.1, 0.15) is 11.5 Å². The predicted octanol–water partition coefficient (Wildman–Crippen LogP) is 2.69. The number of nitrogens with zero attached hydrogens (tertiary/aromatic N) is 2. The number of aromatic nitrogens is 1. The smallest absolute Gasteiger partial charge is 0.243 e. The molecule has 0 spiro atoms. The molecule has 1 aliphatic carbocycles. The summed E-state index contributed by atoms with van der Waals surface area (Å²) in [4.78, 5) is 16.9. The Labute approximate surface area is 188 Å². The fraction of sp³-hybridized carbons (Fsp3) is 0.478. The molecule has 2 aliphatic rings. The van der Waals surface area contributed by atoms with Crippen molar-refractivity contribution in [3.8, 4) is 11.5 Å². The number of piperidine rings is 1. The summed E-state index contributed by atoms with van der Waals surface area (Å²) >= 11 is 0. The summed E-state index contributed by atoms with van der Waals surface area (Å²) in [6.45, 7) is 0.577. The molecule has 4 rings (SSSR count). The number of pyridine rings is 1. The van der Waals surface area contributed by atoms with Gasteiger partial charge in [0.15, 0.2) is 0 Å². The van der Waals surface area contributed by atoms with Crippen LogP contribution in [0.4, 0.5) is 0 Å². The zero-order chi connectivity index (χ0) is 22.6. The van der Waals surface area contributed by atoms with Gasteiger partial charge in [-0.3, -0.25) is 9.78 Å². The molecule has 2 heterocycles. The Balaban J connectivity index is 1.38. The molecular weight excluding hydrogens is 430 g/mol. The first kappa shape index (κ1) is 22.7. The molecule has 1 aliphatic heterocycles. The summed E-state index contributed by atoms with van der Waals surface area (Å²) in [5.74, 6) is 0.635. The third-order valence-corrected chi connectivity index (χ3v) is 8.01. The van der Waals surface area contributed by atoms with Crippen LogP contribution in [0, 0.1) is 5.92 Å². The van der Waals surface area contributed by atoms with Crippen molar-refractivity contribution in [2.45, 2.75) is 55.6 Å². The molecule has 1 aromatic heterocycles. The van der Waals surface area contributed by atoms with Crippen molar-refractivity contribution >= 4 is 15.9 Å². The standard InChI is InChI=1S/C23H29N3O5S/c27-19-7-5-18(6-8-19)25-23(28)17-3-2-14-26(16-17)32(29,30)22-11-9-20(10-12-22)31-21-4-1-13-24-15-21/h1,4,9-13,15,17-19,27H,2-3,5-8,14,16H2,(H,25,28). The van der Waals surface area contributed by atoms with Gasteiger partial charge in [-0.25, -0.2) is 8.42 Å². The van der Waals surface area contributed by atoms with Crippen LogP contribution in [0.3, 0.4) is 0 Å². The lowest BCUT2D eigenvalue weighted by molar-refractivity contribution is -0.127. The van der Waals surface area contributed by atoms with E-state index in [9.17, 15) is 18.3 Å². The molecule has 2 aromatic rings. The van der Waals surface area contributed by atoms with Crippen LogP contribution in [0.2, 0.25) is 0 Å². The lowest BCUT2D eigenvalue weighted by Gasteiger charge is -2.33. The average molecular weight is 460 g/mol. The number of carbonyl (C=O) groups is 1. The van der Waals surface area contributed by atoms with Crippen molar-refractivity contribution in [1.29, 1.82) is 0 Å². The van der Waals surface area contributed by atoms with E-state index in [-0.39, 0.29) is 35.4 Å². The van der Waals surface area contributed by atoms with Gasteiger partial charge in [0.25, 0.3) is 0 Å². The minimum atomic E-state index is -3.71. The number of sulfonamides is 1. The fourth-order valence-electron chi connectivity index (χ4n) is 4.29. The van der Waals surface area contributed by atoms with E-state index in [1.54, 1.807) is 36.7 Å². The van der Waals surface area contributed by atoms with Gasteiger partial charge in [-0.2, -0.15) is 4.31 Å². The van der Waals surface area contributed by atoms with Gasteiger partial charge in [0, 0.05) is 25.3 Å². The highest BCUT2D eigenvalue weighted by molar-refractivity contribution is 7.89. The first-order valence-electron chi connectivity index (χ1n) is 11.1. The Kier molecular flexibility index (Phi) is 7.07. The van der Waals surface area contributed by atoms with Crippen molar-refractivity contribution in [1.82, 2.24) is 14.6 Å². The summed E-state index contributed by atoms with van der Waals surface area (Å²) in [5, 5.41) is 12.7. The van der Waals surface area contributed by atoms with Gasteiger partial charge < -0.3 is 15.2 Å². The molecule has 32 heavy (non-hydrogen) atoms. The Morgan fingerprint density at radius 3 is 2.50 bits per heavy atom. The molecule has 8 nitrogen and oxygen atoms in total. The Morgan fingerprint density at radius 1 is 1.06 bits per heavy atom. The van der Waals surface area contributed by atoms with Gasteiger partial charge >= 0.3 is 0 Å². The van der Waals surface area contributed by atoms with E-state index in [1.165, 1.54) is 16.4 Å². The van der Waals surface area contributed by atoms with Crippen LogP contribution in [0.1, 0.15) is 38.5 Å². The topological polar surface area (TPSA) is 109 Å². The summed E-state index contributed by atoms with van der Waals surface area (Å²) in [7, 11) is -3.71. The van der Waals surface area contributed by atoms with E-state index in [1.807, 2.05) is 0 Å². The SMILES string of the molecule is O=C(NC1CCC(O)CC1)C1CCCN(S(=O)(=O)c2ccc(Oc3cccnc3)cc2)C1. The Hall–Kier alpha value is -2.49. The quantitative estimate of drug-likeness (QED) is 0.688. The van der Waals surface area contributed by atoms with E-state index in [4.69, 9.17) is 4.74 Å². The summed E-state index contributed by atoms with van der Waals surface area (Å²) < 4.78 is 33.4. The van der Waals surface area contributed by atoms with E-state index in [0.717, 1.165) is 12.8 Å². The second kappa shape index (κ2) is 9.97. The predicted molar refractivity (Wildman–Crippen MR) is 119 cm³/mol. The number of hydrogen-bond donors (Lipinski definition) is 2.